The second kappa shape index (κ2) is 6.22. The maximum absolute atomic E-state index is 11.4. The minimum atomic E-state index is -0.0765. The molecule has 0 spiro atoms. The maximum atomic E-state index is 11.4. The quantitative estimate of drug-likeness (QED) is 0.825. The van der Waals surface area contributed by atoms with Gasteiger partial charge in [0.15, 0.2) is 0 Å². The molecule has 1 aliphatic rings. The smallest absolute Gasteiger partial charge is 0.224 e. The average molecular weight is 259 g/mol. The Morgan fingerprint density at radius 2 is 2.37 bits per heavy atom. The Hall–Kier alpha value is -2.04. The molecule has 100 valence electrons. The molecule has 1 atom stereocenters. The van der Waals surface area contributed by atoms with Crippen LogP contribution in [-0.4, -0.2) is 12.2 Å². The van der Waals surface area contributed by atoms with Gasteiger partial charge in [-0.2, -0.15) is 10.2 Å². The van der Waals surface area contributed by atoms with Crippen molar-refractivity contribution in [1.29, 1.82) is 0 Å². The van der Waals surface area contributed by atoms with E-state index in [1.165, 1.54) is 0 Å². The van der Waals surface area contributed by atoms with E-state index in [2.05, 4.69) is 15.5 Å². The highest BCUT2D eigenvalue weighted by atomic mass is 16.1. The van der Waals surface area contributed by atoms with E-state index in [4.69, 9.17) is 0 Å². The van der Waals surface area contributed by atoms with Crippen LogP contribution in [0.4, 0.5) is 5.69 Å². The van der Waals surface area contributed by atoms with Gasteiger partial charge in [-0.3, -0.25) is 4.79 Å². The van der Waals surface area contributed by atoms with Crippen molar-refractivity contribution in [2.75, 3.05) is 5.32 Å². The third-order valence-electron chi connectivity index (χ3n) is 3.13. The van der Waals surface area contributed by atoms with Gasteiger partial charge in [-0.05, 0) is 29.7 Å². The number of aldehydes is 1. The summed E-state index contributed by atoms with van der Waals surface area (Å²) < 4.78 is 0. The van der Waals surface area contributed by atoms with Gasteiger partial charge in [-0.1, -0.05) is 13.0 Å². The molecule has 5 nitrogen and oxygen atoms in total. The van der Waals surface area contributed by atoms with Crippen molar-refractivity contribution in [3.8, 4) is 0 Å². The molecule has 0 aromatic heterocycles. The molecule has 1 amide bonds. The molecule has 0 fully saturated rings. The number of benzene rings is 1. The average Bonchev–Trinajstić information content (AvgIpc) is 2.45. The lowest BCUT2D eigenvalue weighted by molar-refractivity contribution is -0.115. The summed E-state index contributed by atoms with van der Waals surface area (Å²) in [4.78, 5) is 21.9. The molecular formula is C14H17N3O2. The molecule has 1 heterocycles. The summed E-state index contributed by atoms with van der Waals surface area (Å²) in [5.74, 6) is -0.0122. The van der Waals surface area contributed by atoms with Crippen molar-refractivity contribution < 1.29 is 9.59 Å². The van der Waals surface area contributed by atoms with E-state index in [9.17, 15) is 9.59 Å². The van der Waals surface area contributed by atoms with Crippen LogP contribution in [0.5, 0.6) is 0 Å². The highest BCUT2D eigenvalue weighted by Crippen LogP contribution is 2.32. The number of carbonyl (C=O) groups excluding carboxylic acids is 2. The normalized spacial score (nSPS) is 16.8. The fourth-order valence-electron chi connectivity index (χ4n) is 2.09. The van der Waals surface area contributed by atoms with Crippen LogP contribution in [0, 0.1) is 0 Å². The summed E-state index contributed by atoms with van der Waals surface area (Å²) >= 11 is 0. The van der Waals surface area contributed by atoms with E-state index < -0.39 is 0 Å². The second-order valence-electron chi connectivity index (χ2n) is 4.49. The third-order valence-corrected chi connectivity index (χ3v) is 3.13. The fraction of sp³-hybridized carbons (Fsp3) is 0.429. The van der Waals surface area contributed by atoms with Crippen LogP contribution in [0.25, 0.3) is 0 Å². The molecule has 0 aliphatic carbocycles. The Bertz CT molecular complexity index is 511. The van der Waals surface area contributed by atoms with Crippen molar-refractivity contribution in [1.82, 2.24) is 0 Å². The molecule has 1 unspecified atom stereocenters. The monoisotopic (exact) mass is 259 g/mol. The summed E-state index contributed by atoms with van der Waals surface area (Å²) in [6.45, 7) is 2.38. The lowest BCUT2D eigenvalue weighted by atomic mass is 9.96. The molecule has 1 aromatic rings. The highest BCUT2D eigenvalue weighted by molar-refractivity contribution is 5.90. The molecule has 1 aliphatic heterocycles. The number of anilines is 1. The van der Waals surface area contributed by atoms with Crippen molar-refractivity contribution in [2.24, 2.45) is 10.2 Å². The molecule has 1 N–H and O–H groups in total. The maximum Gasteiger partial charge on any atom is 0.224 e. The lowest BCUT2D eigenvalue weighted by Crippen LogP contribution is -2.11. The Morgan fingerprint density at radius 1 is 1.53 bits per heavy atom. The van der Waals surface area contributed by atoms with Gasteiger partial charge < -0.3 is 10.1 Å². The standard InChI is InChI=1S/C14H17N3O2/c1-2-14(19)16-11-6-5-10-9-15-17-13(4-3-7-18)12(10)8-11/h5-8,13H,2-4,9H2,1H3,(H,16,19). The summed E-state index contributed by atoms with van der Waals surface area (Å²) in [5.41, 5.74) is 2.95. The van der Waals surface area contributed by atoms with E-state index in [-0.39, 0.29) is 11.9 Å². The zero-order chi connectivity index (χ0) is 13.7. The SMILES string of the molecule is CCC(=O)Nc1ccc2c(c1)C(CCC=O)N=NC2. The molecule has 5 heteroatoms. The van der Waals surface area contributed by atoms with E-state index in [0.29, 0.717) is 25.8 Å². The summed E-state index contributed by atoms with van der Waals surface area (Å²) in [6, 6.07) is 5.71. The van der Waals surface area contributed by atoms with Gasteiger partial charge in [-0.25, -0.2) is 0 Å². The summed E-state index contributed by atoms with van der Waals surface area (Å²) in [6.07, 6.45) is 2.47. The number of hydrogen-bond donors (Lipinski definition) is 1. The van der Waals surface area contributed by atoms with E-state index >= 15 is 0 Å². The van der Waals surface area contributed by atoms with Gasteiger partial charge in [0.2, 0.25) is 5.91 Å². The number of carbonyl (C=O) groups is 2. The number of nitrogens with zero attached hydrogens (tertiary/aromatic N) is 2. The molecule has 1 aromatic carbocycles. The van der Waals surface area contributed by atoms with Crippen LogP contribution in [0.3, 0.4) is 0 Å². The van der Waals surface area contributed by atoms with Crippen LogP contribution < -0.4 is 5.32 Å². The minimum Gasteiger partial charge on any atom is -0.326 e. The van der Waals surface area contributed by atoms with Crippen LogP contribution >= 0.6 is 0 Å². The first-order chi connectivity index (χ1) is 9.24. The number of hydrogen-bond acceptors (Lipinski definition) is 4. The number of nitrogens with one attached hydrogen (secondary N) is 1. The molecule has 19 heavy (non-hydrogen) atoms. The first-order valence-electron chi connectivity index (χ1n) is 6.47. The highest BCUT2D eigenvalue weighted by Gasteiger charge is 2.18. The van der Waals surface area contributed by atoms with Gasteiger partial charge in [0.1, 0.15) is 6.29 Å². The van der Waals surface area contributed by atoms with Crippen LogP contribution in [0.15, 0.2) is 28.4 Å². The van der Waals surface area contributed by atoms with Gasteiger partial charge in [-0.15, -0.1) is 0 Å². The summed E-state index contributed by atoms with van der Waals surface area (Å²) in [5, 5.41) is 11.1. The van der Waals surface area contributed by atoms with Crippen molar-refractivity contribution in [3.63, 3.8) is 0 Å². The van der Waals surface area contributed by atoms with Crippen LogP contribution in [0.1, 0.15) is 43.4 Å². The largest absolute Gasteiger partial charge is 0.326 e. The second-order valence-corrected chi connectivity index (χ2v) is 4.49. The zero-order valence-corrected chi connectivity index (χ0v) is 10.9. The van der Waals surface area contributed by atoms with Crippen molar-refractivity contribution in [3.05, 3.63) is 29.3 Å². The minimum absolute atomic E-state index is 0.0122. The molecular weight excluding hydrogens is 242 g/mol. The fourth-order valence-corrected chi connectivity index (χ4v) is 2.09. The Balaban J connectivity index is 2.21. The summed E-state index contributed by atoms with van der Waals surface area (Å²) in [7, 11) is 0. The van der Waals surface area contributed by atoms with Gasteiger partial charge in [0, 0.05) is 18.5 Å². The zero-order valence-electron chi connectivity index (χ0n) is 10.9. The van der Waals surface area contributed by atoms with E-state index in [0.717, 1.165) is 23.1 Å². The topological polar surface area (TPSA) is 70.9 Å². The molecule has 2 rings (SSSR count). The first kappa shape index (κ1) is 13.4. The Morgan fingerprint density at radius 3 is 3.11 bits per heavy atom. The third kappa shape index (κ3) is 3.24. The number of rotatable bonds is 5. The van der Waals surface area contributed by atoms with E-state index in [1.807, 2.05) is 25.1 Å². The van der Waals surface area contributed by atoms with E-state index in [1.54, 1.807) is 0 Å². The predicted molar refractivity (Wildman–Crippen MR) is 72.0 cm³/mol. The van der Waals surface area contributed by atoms with Gasteiger partial charge >= 0.3 is 0 Å². The molecule has 0 bridgehead atoms. The Labute approximate surface area is 112 Å². The van der Waals surface area contributed by atoms with Crippen LogP contribution in [-0.2, 0) is 16.1 Å². The Kier molecular flexibility index (Phi) is 4.39. The number of amides is 1. The lowest BCUT2D eigenvalue weighted by Gasteiger charge is -2.19. The number of azo groups is 1. The molecule has 0 saturated heterocycles. The first-order valence-corrected chi connectivity index (χ1v) is 6.47. The van der Waals surface area contributed by atoms with Gasteiger partial charge in [0.05, 0.1) is 12.6 Å². The predicted octanol–water partition coefficient (Wildman–Crippen LogP) is 3.02. The molecule has 0 saturated carbocycles. The molecule has 0 radical (unpaired) electrons. The van der Waals surface area contributed by atoms with Crippen molar-refractivity contribution in [2.45, 2.75) is 38.8 Å². The number of fused-ring (bicyclic) bond motifs is 1. The van der Waals surface area contributed by atoms with Gasteiger partial charge in [0.25, 0.3) is 0 Å². The van der Waals surface area contributed by atoms with Crippen molar-refractivity contribution >= 4 is 17.9 Å². The van der Waals surface area contributed by atoms with Crippen LogP contribution in [0.2, 0.25) is 0 Å².